The number of carboxylic acids is 1. The summed E-state index contributed by atoms with van der Waals surface area (Å²) in [5.41, 5.74) is -0.257. The van der Waals surface area contributed by atoms with Gasteiger partial charge in [0.25, 0.3) is 5.91 Å². The molecule has 4 rings (SSSR count). The molecule has 2 N–H and O–H groups in total. The molecule has 0 radical (unpaired) electrons. The third kappa shape index (κ3) is 2.01. The fourth-order valence-corrected chi connectivity index (χ4v) is 5.18. The zero-order chi connectivity index (χ0) is 13.6. The van der Waals surface area contributed by atoms with E-state index < -0.39 is 17.9 Å². The van der Waals surface area contributed by atoms with Crippen LogP contribution in [0.3, 0.4) is 0 Å². The predicted octanol–water partition coefficient (Wildman–Crippen LogP) is 1.41. The van der Waals surface area contributed by atoms with Gasteiger partial charge in [-0.2, -0.15) is 0 Å². The molecule has 4 fully saturated rings. The summed E-state index contributed by atoms with van der Waals surface area (Å²) >= 11 is 0. The van der Waals surface area contributed by atoms with Gasteiger partial charge in [0.15, 0.2) is 0 Å². The van der Waals surface area contributed by atoms with Crippen molar-refractivity contribution in [1.82, 2.24) is 5.32 Å². The van der Waals surface area contributed by atoms with Gasteiger partial charge in [-0.15, -0.1) is 6.42 Å². The van der Waals surface area contributed by atoms with Gasteiger partial charge in [-0.1, -0.05) is 0 Å². The minimum Gasteiger partial charge on any atom is -0.480 e. The van der Waals surface area contributed by atoms with Crippen LogP contribution in [0.15, 0.2) is 0 Å². The first-order chi connectivity index (χ1) is 9.02. The molecule has 4 aliphatic carbocycles. The first-order valence-corrected chi connectivity index (χ1v) is 7.02. The topological polar surface area (TPSA) is 66.4 Å². The average molecular weight is 261 g/mol. The summed E-state index contributed by atoms with van der Waals surface area (Å²) in [6.07, 6.45) is 11.6. The van der Waals surface area contributed by atoms with Gasteiger partial charge in [-0.3, -0.25) is 4.79 Å². The van der Waals surface area contributed by atoms with E-state index in [-0.39, 0.29) is 5.41 Å². The first kappa shape index (κ1) is 12.5. The van der Waals surface area contributed by atoms with Gasteiger partial charge in [0.05, 0.1) is 0 Å². The van der Waals surface area contributed by atoms with E-state index in [1.165, 1.54) is 19.3 Å². The summed E-state index contributed by atoms with van der Waals surface area (Å²) in [5.74, 6) is 2.37. The van der Waals surface area contributed by atoms with Crippen LogP contribution in [0.25, 0.3) is 0 Å². The Morgan fingerprint density at radius 1 is 1.16 bits per heavy atom. The van der Waals surface area contributed by atoms with Crippen molar-refractivity contribution >= 4 is 11.9 Å². The average Bonchev–Trinajstić information content (AvgIpc) is 2.33. The van der Waals surface area contributed by atoms with Crippen LogP contribution in [0, 0.1) is 35.5 Å². The van der Waals surface area contributed by atoms with E-state index in [0.717, 1.165) is 19.3 Å². The number of carbonyl (C=O) groups is 2. The SMILES string of the molecule is C#CC(=O)NC(C(=O)O)C12CC3CC(CC(C3)C1)C2. The molecule has 0 saturated heterocycles. The summed E-state index contributed by atoms with van der Waals surface area (Å²) in [4.78, 5) is 23.0. The standard InChI is InChI=1S/C15H19NO3/c1-2-12(17)16-13(14(18)19)15-6-9-3-10(7-15)5-11(4-9)8-15/h1,9-11,13H,3-8H2,(H,16,17)(H,18,19). The molecule has 1 atom stereocenters. The van der Waals surface area contributed by atoms with Gasteiger partial charge < -0.3 is 10.4 Å². The van der Waals surface area contributed by atoms with Gasteiger partial charge in [-0.25, -0.2) is 4.79 Å². The van der Waals surface area contributed by atoms with Gasteiger partial charge in [-0.05, 0) is 62.2 Å². The number of hydrogen-bond acceptors (Lipinski definition) is 2. The molecular formula is C15H19NO3. The molecule has 4 aliphatic rings. The largest absolute Gasteiger partial charge is 0.480 e. The van der Waals surface area contributed by atoms with Crippen molar-refractivity contribution in [3.63, 3.8) is 0 Å². The maximum atomic E-state index is 11.6. The maximum Gasteiger partial charge on any atom is 0.326 e. The Hall–Kier alpha value is -1.50. The first-order valence-electron chi connectivity index (χ1n) is 7.02. The monoisotopic (exact) mass is 261 g/mol. The van der Waals surface area contributed by atoms with Crippen LogP contribution in [-0.4, -0.2) is 23.0 Å². The number of carbonyl (C=O) groups excluding carboxylic acids is 1. The molecule has 19 heavy (non-hydrogen) atoms. The lowest BCUT2D eigenvalue weighted by Crippen LogP contribution is -2.59. The third-order valence-electron chi connectivity index (χ3n) is 5.35. The summed E-state index contributed by atoms with van der Waals surface area (Å²) in [7, 11) is 0. The number of nitrogens with one attached hydrogen (secondary N) is 1. The molecule has 1 amide bonds. The Balaban J connectivity index is 1.87. The van der Waals surface area contributed by atoms with E-state index >= 15 is 0 Å². The second kappa shape index (κ2) is 4.26. The molecule has 102 valence electrons. The van der Waals surface area contributed by atoms with Crippen molar-refractivity contribution in [1.29, 1.82) is 0 Å². The zero-order valence-corrected chi connectivity index (χ0v) is 10.9. The van der Waals surface area contributed by atoms with Gasteiger partial charge >= 0.3 is 5.97 Å². The third-order valence-corrected chi connectivity index (χ3v) is 5.35. The van der Waals surface area contributed by atoms with Crippen molar-refractivity contribution in [2.45, 2.75) is 44.6 Å². The Morgan fingerprint density at radius 3 is 2.00 bits per heavy atom. The number of aliphatic carboxylic acids is 1. The number of terminal acetylenes is 1. The van der Waals surface area contributed by atoms with Crippen molar-refractivity contribution in [3.05, 3.63) is 0 Å². The molecule has 0 spiro atoms. The van der Waals surface area contributed by atoms with E-state index in [1.807, 2.05) is 5.92 Å². The molecule has 0 aromatic heterocycles. The highest BCUT2D eigenvalue weighted by Crippen LogP contribution is 2.61. The summed E-state index contributed by atoms with van der Waals surface area (Å²) < 4.78 is 0. The maximum absolute atomic E-state index is 11.6. The highest BCUT2D eigenvalue weighted by molar-refractivity contribution is 5.95. The minimum absolute atomic E-state index is 0.257. The zero-order valence-electron chi connectivity index (χ0n) is 10.9. The molecule has 0 heterocycles. The van der Waals surface area contributed by atoms with Crippen LogP contribution < -0.4 is 5.32 Å². The minimum atomic E-state index is -0.939. The Labute approximate surface area is 112 Å². The Bertz CT molecular complexity index is 427. The van der Waals surface area contributed by atoms with Crippen LogP contribution in [0.5, 0.6) is 0 Å². The van der Waals surface area contributed by atoms with Crippen molar-refractivity contribution < 1.29 is 14.7 Å². The Morgan fingerprint density at radius 2 is 1.63 bits per heavy atom. The fourth-order valence-electron chi connectivity index (χ4n) is 5.18. The molecule has 0 aromatic rings. The quantitative estimate of drug-likeness (QED) is 0.755. The number of amides is 1. The van der Waals surface area contributed by atoms with Crippen LogP contribution >= 0.6 is 0 Å². The second-order valence-corrected chi connectivity index (χ2v) is 6.67. The van der Waals surface area contributed by atoms with Crippen LogP contribution in [0.2, 0.25) is 0 Å². The Kier molecular flexibility index (Phi) is 2.81. The predicted molar refractivity (Wildman–Crippen MR) is 69.0 cm³/mol. The molecule has 0 aromatic carbocycles. The van der Waals surface area contributed by atoms with Crippen LogP contribution in [0.4, 0.5) is 0 Å². The molecular weight excluding hydrogens is 242 g/mol. The molecule has 4 saturated carbocycles. The van der Waals surface area contributed by atoms with E-state index in [0.29, 0.717) is 17.8 Å². The van der Waals surface area contributed by atoms with Gasteiger partial charge in [0.1, 0.15) is 6.04 Å². The lowest BCUT2D eigenvalue weighted by molar-refractivity contribution is -0.153. The molecule has 1 unspecified atom stereocenters. The highest BCUT2D eigenvalue weighted by atomic mass is 16.4. The lowest BCUT2D eigenvalue weighted by Gasteiger charge is -2.58. The van der Waals surface area contributed by atoms with Crippen LogP contribution in [0.1, 0.15) is 38.5 Å². The summed E-state index contributed by atoms with van der Waals surface area (Å²) in [6.45, 7) is 0. The van der Waals surface area contributed by atoms with E-state index in [1.54, 1.807) is 0 Å². The van der Waals surface area contributed by atoms with E-state index in [2.05, 4.69) is 5.32 Å². The molecule has 4 heteroatoms. The second-order valence-electron chi connectivity index (χ2n) is 6.67. The number of hydrogen-bond donors (Lipinski definition) is 2. The van der Waals surface area contributed by atoms with E-state index in [4.69, 9.17) is 6.42 Å². The summed E-state index contributed by atoms with van der Waals surface area (Å²) in [6, 6.07) is -0.815. The summed E-state index contributed by atoms with van der Waals surface area (Å²) in [5, 5.41) is 12.0. The molecule has 4 bridgehead atoms. The van der Waals surface area contributed by atoms with Crippen molar-refractivity contribution in [2.75, 3.05) is 0 Å². The van der Waals surface area contributed by atoms with Crippen molar-refractivity contribution in [3.8, 4) is 12.3 Å². The smallest absolute Gasteiger partial charge is 0.326 e. The number of rotatable bonds is 3. The van der Waals surface area contributed by atoms with Crippen LogP contribution in [-0.2, 0) is 9.59 Å². The molecule has 4 nitrogen and oxygen atoms in total. The van der Waals surface area contributed by atoms with E-state index in [9.17, 15) is 14.7 Å². The fraction of sp³-hybridized carbons (Fsp3) is 0.733. The normalized spacial score (nSPS) is 40.5. The lowest BCUT2D eigenvalue weighted by atomic mass is 9.47. The molecule has 0 aliphatic heterocycles. The highest BCUT2D eigenvalue weighted by Gasteiger charge is 2.56. The van der Waals surface area contributed by atoms with Gasteiger partial charge in [0, 0.05) is 5.41 Å². The number of carboxylic acid groups (broad SMARTS) is 1. The van der Waals surface area contributed by atoms with Crippen molar-refractivity contribution in [2.24, 2.45) is 23.2 Å². The van der Waals surface area contributed by atoms with Gasteiger partial charge in [0.2, 0.25) is 0 Å².